The fourth-order valence-corrected chi connectivity index (χ4v) is 2.65. The standard InChI is InChI=1S/C20H33N7O/c1-17-24-25-19(27(17)3)16-23-20(22-15-18-9-6-5-7-10-18)21-11-13-26(2)12-8-14-28-4/h5-7,9-10H,8,11-16H2,1-4H3,(H2,21,22,23). The second kappa shape index (κ2) is 12.1. The third kappa shape index (κ3) is 7.66. The van der Waals surface area contributed by atoms with Crippen LogP contribution in [0.3, 0.4) is 0 Å². The van der Waals surface area contributed by atoms with Gasteiger partial charge in [-0.1, -0.05) is 30.3 Å². The molecule has 0 atom stereocenters. The Morgan fingerprint density at radius 2 is 1.96 bits per heavy atom. The summed E-state index contributed by atoms with van der Waals surface area (Å²) in [7, 11) is 5.82. The molecule has 0 radical (unpaired) electrons. The number of aromatic nitrogens is 3. The van der Waals surface area contributed by atoms with Crippen LogP contribution in [0.1, 0.15) is 23.6 Å². The first-order valence-electron chi connectivity index (χ1n) is 9.68. The predicted octanol–water partition coefficient (Wildman–Crippen LogP) is 1.33. The molecule has 0 amide bonds. The van der Waals surface area contributed by atoms with Crippen molar-refractivity contribution in [3.63, 3.8) is 0 Å². The van der Waals surface area contributed by atoms with E-state index in [0.29, 0.717) is 13.1 Å². The summed E-state index contributed by atoms with van der Waals surface area (Å²) in [4.78, 5) is 7.00. The Kier molecular flexibility index (Phi) is 9.44. The van der Waals surface area contributed by atoms with E-state index in [4.69, 9.17) is 9.73 Å². The number of aliphatic imine (C=N–C) groups is 1. The number of guanidine groups is 1. The normalized spacial score (nSPS) is 11.8. The van der Waals surface area contributed by atoms with Crippen LogP contribution in [0, 0.1) is 6.92 Å². The van der Waals surface area contributed by atoms with Gasteiger partial charge in [0.05, 0.1) is 13.1 Å². The highest BCUT2D eigenvalue weighted by molar-refractivity contribution is 5.79. The molecule has 0 saturated heterocycles. The van der Waals surface area contributed by atoms with Gasteiger partial charge in [-0.3, -0.25) is 0 Å². The summed E-state index contributed by atoms with van der Waals surface area (Å²) in [5.41, 5.74) is 1.18. The number of hydrogen-bond acceptors (Lipinski definition) is 5. The van der Waals surface area contributed by atoms with Crippen molar-refractivity contribution in [1.82, 2.24) is 30.3 Å². The van der Waals surface area contributed by atoms with Crippen LogP contribution in [-0.4, -0.2) is 66.0 Å². The molecule has 0 saturated carbocycles. The Balaban J connectivity index is 1.88. The number of benzene rings is 1. The summed E-state index contributed by atoms with van der Waals surface area (Å²) in [5, 5.41) is 15.1. The first-order valence-corrected chi connectivity index (χ1v) is 9.68. The summed E-state index contributed by atoms with van der Waals surface area (Å²) in [6, 6.07) is 10.2. The zero-order valence-corrected chi connectivity index (χ0v) is 17.5. The molecular weight excluding hydrogens is 354 g/mol. The van der Waals surface area contributed by atoms with E-state index in [1.54, 1.807) is 7.11 Å². The SMILES string of the molecule is COCCCN(C)CCNC(=NCc1ccccc1)NCc1nnc(C)n1C. The lowest BCUT2D eigenvalue weighted by atomic mass is 10.2. The maximum atomic E-state index is 5.11. The molecule has 8 heteroatoms. The van der Waals surface area contributed by atoms with Crippen LogP contribution in [-0.2, 0) is 24.9 Å². The Hall–Kier alpha value is -2.45. The summed E-state index contributed by atoms with van der Waals surface area (Å²) >= 11 is 0. The number of ether oxygens (including phenoxy) is 1. The fourth-order valence-electron chi connectivity index (χ4n) is 2.65. The van der Waals surface area contributed by atoms with Crippen molar-refractivity contribution >= 4 is 5.96 Å². The molecule has 0 fully saturated rings. The van der Waals surface area contributed by atoms with E-state index in [1.165, 1.54) is 5.56 Å². The van der Waals surface area contributed by atoms with Crippen molar-refractivity contribution in [2.75, 3.05) is 40.4 Å². The second-order valence-corrected chi connectivity index (χ2v) is 6.80. The molecule has 0 bridgehead atoms. The minimum Gasteiger partial charge on any atom is -0.385 e. The first-order chi connectivity index (χ1) is 13.6. The van der Waals surface area contributed by atoms with Gasteiger partial charge in [0.15, 0.2) is 11.8 Å². The molecular formula is C20H33N7O. The number of hydrogen-bond donors (Lipinski definition) is 2. The maximum Gasteiger partial charge on any atom is 0.192 e. The Bertz CT molecular complexity index is 715. The van der Waals surface area contributed by atoms with Crippen molar-refractivity contribution in [2.45, 2.75) is 26.4 Å². The number of rotatable bonds is 11. The molecule has 0 aliphatic rings. The smallest absolute Gasteiger partial charge is 0.192 e. The number of aryl methyl sites for hydroxylation is 1. The molecule has 1 heterocycles. The highest BCUT2D eigenvalue weighted by Gasteiger charge is 2.07. The van der Waals surface area contributed by atoms with Crippen molar-refractivity contribution in [3.8, 4) is 0 Å². The van der Waals surface area contributed by atoms with Gasteiger partial charge < -0.3 is 24.8 Å². The number of nitrogens with zero attached hydrogens (tertiary/aromatic N) is 5. The van der Waals surface area contributed by atoms with Gasteiger partial charge in [0.1, 0.15) is 5.82 Å². The van der Waals surface area contributed by atoms with E-state index in [0.717, 1.165) is 50.3 Å². The van der Waals surface area contributed by atoms with Crippen LogP contribution in [0.25, 0.3) is 0 Å². The number of methoxy groups -OCH3 is 1. The quantitative estimate of drug-likeness (QED) is 0.344. The lowest BCUT2D eigenvalue weighted by Gasteiger charge is -2.18. The molecule has 1 aromatic heterocycles. The monoisotopic (exact) mass is 387 g/mol. The van der Waals surface area contributed by atoms with Gasteiger partial charge in [-0.15, -0.1) is 10.2 Å². The van der Waals surface area contributed by atoms with E-state index < -0.39 is 0 Å². The van der Waals surface area contributed by atoms with E-state index in [2.05, 4.69) is 44.9 Å². The van der Waals surface area contributed by atoms with Crippen molar-refractivity contribution < 1.29 is 4.74 Å². The lowest BCUT2D eigenvalue weighted by molar-refractivity contribution is 0.180. The molecule has 154 valence electrons. The van der Waals surface area contributed by atoms with E-state index >= 15 is 0 Å². The third-order valence-electron chi connectivity index (χ3n) is 4.53. The summed E-state index contributed by atoms with van der Waals surface area (Å²) in [6.45, 7) is 6.68. The summed E-state index contributed by atoms with van der Waals surface area (Å²) < 4.78 is 7.09. The van der Waals surface area contributed by atoms with Gasteiger partial charge in [-0.05, 0) is 26.0 Å². The molecule has 8 nitrogen and oxygen atoms in total. The predicted molar refractivity (Wildman–Crippen MR) is 112 cm³/mol. The van der Waals surface area contributed by atoms with Crippen LogP contribution in [0.2, 0.25) is 0 Å². The molecule has 2 rings (SSSR count). The Morgan fingerprint density at radius 1 is 1.18 bits per heavy atom. The largest absolute Gasteiger partial charge is 0.385 e. The minimum atomic E-state index is 0.571. The van der Waals surface area contributed by atoms with Crippen LogP contribution in [0.15, 0.2) is 35.3 Å². The zero-order valence-electron chi connectivity index (χ0n) is 17.5. The Labute approximate surface area is 168 Å². The van der Waals surface area contributed by atoms with Gasteiger partial charge in [-0.2, -0.15) is 0 Å². The highest BCUT2D eigenvalue weighted by atomic mass is 16.5. The molecule has 28 heavy (non-hydrogen) atoms. The van der Waals surface area contributed by atoms with Gasteiger partial charge in [0.2, 0.25) is 0 Å². The van der Waals surface area contributed by atoms with Gasteiger partial charge in [0.25, 0.3) is 0 Å². The molecule has 2 aromatic rings. The average Bonchev–Trinajstić information content (AvgIpc) is 3.02. The highest BCUT2D eigenvalue weighted by Crippen LogP contribution is 2.01. The molecule has 1 aromatic carbocycles. The lowest BCUT2D eigenvalue weighted by Crippen LogP contribution is -2.41. The Morgan fingerprint density at radius 3 is 2.64 bits per heavy atom. The molecule has 0 unspecified atom stereocenters. The first kappa shape index (κ1) is 21.8. The second-order valence-electron chi connectivity index (χ2n) is 6.80. The van der Waals surface area contributed by atoms with Gasteiger partial charge in [-0.25, -0.2) is 4.99 Å². The van der Waals surface area contributed by atoms with Crippen molar-refractivity contribution in [3.05, 3.63) is 47.5 Å². The summed E-state index contributed by atoms with van der Waals surface area (Å²) in [5.74, 6) is 2.54. The van der Waals surface area contributed by atoms with Crippen LogP contribution in [0.4, 0.5) is 0 Å². The molecule has 0 spiro atoms. The topological polar surface area (TPSA) is 79.6 Å². The van der Waals surface area contributed by atoms with Crippen LogP contribution in [0.5, 0.6) is 0 Å². The van der Waals surface area contributed by atoms with Gasteiger partial charge >= 0.3 is 0 Å². The fraction of sp³-hybridized carbons (Fsp3) is 0.550. The maximum absolute atomic E-state index is 5.11. The summed E-state index contributed by atoms with van der Waals surface area (Å²) in [6.07, 6.45) is 1.03. The van der Waals surface area contributed by atoms with Crippen molar-refractivity contribution in [1.29, 1.82) is 0 Å². The average molecular weight is 388 g/mol. The van der Waals surface area contributed by atoms with Crippen LogP contribution >= 0.6 is 0 Å². The van der Waals surface area contributed by atoms with E-state index in [-0.39, 0.29) is 0 Å². The molecule has 2 N–H and O–H groups in total. The van der Waals surface area contributed by atoms with E-state index in [9.17, 15) is 0 Å². The molecule has 0 aliphatic heterocycles. The van der Waals surface area contributed by atoms with Gasteiger partial charge in [0, 0.05) is 40.4 Å². The van der Waals surface area contributed by atoms with E-state index in [1.807, 2.05) is 36.7 Å². The number of likely N-dealkylation sites (N-methyl/N-ethyl adjacent to an activating group) is 1. The minimum absolute atomic E-state index is 0.571. The zero-order chi connectivity index (χ0) is 20.2. The van der Waals surface area contributed by atoms with Crippen molar-refractivity contribution in [2.24, 2.45) is 12.0 Å². The van der Waals surface area contributed by atoms with Crippen LogP contribution < -0.4 is 10.6 Å². The molecule has 0 aliphatic carbocycles. The third-order valence-corrected chi connectivity index (χ3v) is 4.53. The number of nitrogens with one attached hydrogen (secondary N) is 2.